The number of amides is 1. The van der Waals surface area contributed by atoms with Gasteiger partial charge in [0.2, 0.25) is 0 Å². The molecule has 2 atom stereocenters. The first-order chi connectivity index (χ1) is 10.1. The molecular formula is C17H17NO3. The number of hydrogen-bond acceptors (Lipinski definition) is 3. The Labute approximate surface area is 123 Å². The topological polar surface area (TPSA) is 55.4 Å². The molecule has 1 saturated carbocycles. The molecule has 0 spiro atoms. The normalized spacial score (nSPS) is 20.0. The van der Waals surface area contributed by atoms with Crippen molar-refractivity contribution in [2.24, 2.45) is 11.8 Å². The highest BCUT2D eigenvalue weighted by molar-refractivity contribution is 5.95. The predicted molar refractivity (Wildman–Crippen MR) is 80.8 cm³/mol. The Balaban J connectivity index is 1.57. The van der Waals surface area contributed by atoms with E-state index >= 15 is 0 Å². The lowest BCUT2D eigenvalue weighted by Gasteiger charge is -2.07. The molecule has 2 aromatic rings. The van der Waals surface area contributed by atoms with Crippen LogP contribution < -0.4 is 5.32 Å². The number of rotatable bonds is 4. The minimum absolute atomic E-state index is 0.0153. The van der Waals surface area contributed by atoms with Crippen molar-refractivity contribution in [2.45, 2.75) is 13.3 Å². The Morgan fingerprint density at radius 3 is 2.62 bits per heavy atom. The van der Waals surface area contributed by atoms with Gasteiger partial charge >= 0.3 is 5.97 Å². The van der Waals surface area contributed by atoms with Crippen LogP contribution in [0.2, 0.25) is 0 Å². The monoisotopic (exact) mass is 283 g/mol. The molecule has 4 nitrogen and oxygen atoms in total. The molecular weight excluding hydrogens is 266 g/mol. The third-order valence-electron chi connectivity index (χ3n) is 3.79. The van der Waals surface area contributed by atoms with Gasteiger partial charge in [-0.25, -0.2) is 0 Å². The highest BCUT2D eigenvalue weighted by Gasteiger charge is 2.40. The standard InChI is InChI=1S/C17H17NO3/c1-11-8-15(11)17(20)21-10-16(19)18-14-7-6-12-4-2-3-5-13(12)9-14/h2-7,9,11,15H,8,10H2,1H3,(H,18,19). The molecule has 1 fully saturated rings. The van der Waals surface area contributed by atoms with Crippen LogP contribution in [0.4, 0.5) is 5.69 Å². The molecule has 21 heavy (non-hydrogen) atoms. The first-order valence-corrected chi connectivity index (χ1v) is 7.09. The molecule has 0 aliphatic heterocycles. The highest BCUT2D eigenvalue weighted by Crippen LogP contribution is 2.38. The van der Waals surface area contributed by atoms with Gasteiger partial charge in [0.05, 0.1) is 5.92 Å². The van der Waals surface area contributed by atoms with E-state index in [1.165, 1.54) is 0 Å². The van der Waals surface area contributed by atoms with Crippen molar-refractivity contribution >= 4 is 28.3 Å². The molecule has 1 aliphatic rings. The number of hydrogen-bond donors (Lipinski definition) is 1. The van der Waals surface area contributed by atoms with Gasteiger partial charge in [0.25, 0.3) is 5.91 Å². The van der Waals surface area contributed by atoms with E-state index in [4.69, 9.17) is 4.74 Å². The number of esters is 1. The van der Waals surface area contributed by atoms with Crippen LogP contribution in [0.5, 0.6) is 0 Å². The average molecular weight is 283 g/mol. The van der Waals surface area contributed by atoms with Crippen LogP contribution >= 0.6 is 0 Å². The maximum Gasteiger partial charge on any atom is 0.309 e. The summed E-state index contributed by atoms with van der Waals surface area (Å²) in [6.45, 7) is 1.77. The van der Waals surface area contributed by atoms with Gasteiger partial charge in [0, 0.05) is 5.69 Å². The number of fused-ring (bicyclic) bond motifs is 1. The molecule has 1 aliphatic carbocycles. The molecule has 4 heteroatoms. The van der Waals surface area contributed by atoms with Crippen molar-refractivity contribution in [1.29, 1.82) is 0 Å². The third kappa shape index (κ3) is 3.21. The molecule has 3 rings (SSSR count). The molecule has 0 heterocycles. The number of anilines is 1. The van der Waals surface area contributed by atoms with E-state index in [1.54, 1.807) is 0 Å². The van der Waals surface area contributed by atoms with Crippen LogP contribution in [0.3, 0.4) is 0 Å². The summed E-state index contributed by atoms with van der Waals surface area (Å²) in [5.41, 5.74) is 0.703. The molecule has 0 saturated heterocycles. The first-order valence-electron chi connectivity index (χ1n) is 7.09. The van der Waals surface area contributed by atoms with E-state index in [1.807, 2.05) is 49.4 Å². The summed E-state index contributed by atoms with van der Waals surface area (Å²) >= 11 is 0. The van der Waals surface area contributed by atoms with E-state index in [-0.39, 0.29) is 24.4 Å². The summed E-state index contributed by atoms with van der Waals surface area (Å²) in [5.74, 6) is -0.206. The van der Waals surface area contributed by atoms with Gasteiger partial charge in [-0.3, -0.25) is 9.59 Å². The Bertz CT molecular complexity index is 695. The lowest BCUT2D eigenvalue weighted by atomic mass is 10.1. The van der Waals surface area contributed by atoms with Gasteiger partial charge in [0.1, 0.15) is 0 Å². The fourth-order valence-corrected chi connectivity index (χ4v) is 2.36. The lowest BCUT2D eigenvalue weighted by molar-refractivity contribution is -0.148. The Morgan fingerprint density at radius 1 is 1.19 bits per heavy atom. The minimum atomic E-state index is -0.313. The fraction of sp³-hybridized carbons (Fsp3) is 0.294. The number of carbonyl (C=O) groups is 2. The van der Waals surface area contributed by atoms with Crippen LogP contribution in [0.1, 0.15) is 13.3 Å². The predicted octanol–water partition coefficient (Wildman–Crippen LogP) is 2.98. The van der Waals surface area contributed by atoms with E-state index in [9.17, 15) is 9.59 Å². The SMILES string of the molecule is CC1CC1C(=O)OCC(=O)Nc1ccc2ccccc2c1. The van der Waals surface area contributed by atoms with Gasteiger partial charge in [0.15, 0.2) is 6.61 Å². The zero-order chi connectivity index (χ0) is 14.8. The summed E-state index contributed by atoms with van der Waals surface area (Å²) in [4.78, 5) is 23.3. The van der Waals surface area contributed by atoms with Gasteiger partial charge in [-0.1, -0.05) is 37.3 Å². The molecule has 108 valence electrons. The Kier molecular flexibility index (Phi) is 3.60. The molecule has 0 bridgehead atoms. The second-order valence-corrected chi connectivity index (χ2v) is 5.54. The van der Waals surface area contributed by atoms with E-state index in [2.05, 4.69) is 5.32 Å². The quantitative estimate of drug-likeness (QED) is 0.878. The number of nitrogens with one attached hydrogen (secondary N) is 1. The Morgan fingerprint density at radius 2 is 1.90 bits per heavy atom. The van der Waals surface area contributed by atoms with E-state index in [0.29, 0.717) is 11.6 Å². The molecule has 2 aromatic carbocycles. The molecule has 0 radical (unpaired) electrons. The van der Waals surface area contributed by atoms with Crippen LogP contribution in [-0.2, 0) is 14.3 Å². The average Bonchev–Trinajstić information content (AvgIpc) is 3.22. The van der Waals surface area contributed by atoms with Crippen molar-refractivity contribution in [3.63, 3.8) is 0 Å². The molecule has 1 amide bonds. The maximum atomic E-state index is 11.8. The van der Waals surface area contributed by atoms with E-state index in [0.717, 1.165) is 17.2 Å². The van der Waals surface area contributed by atoms with Gasteiger partial charge in [-0.2, -0.15) is 0 Å². The van der Waals surface area contributed by atoms with Crippen molar-refractivity contribution < 1.29 is 14.3 Å². The highest BCUT2D eigenvalue weighted by atomic mass is 16.5. The number of carbonyl (C=O) groups excluding carboxylic acids is 2. The summed E-state index contributed by atoms with van der Waals surface area (Å²) in [5, 5.41) is 4.91. The van der Waals surface area contributed by atoms with Crippen LogP contribution in [0, 0.1) is 11.8 Å². The smallest absolute Gasteiger partial charge is 0.309 e. The van der Waals surface area contributed by atoms with Gasteiger partial charge in [-0.05, 0) is 35.2 Å². The summed E-state index contributed by atoms with van der Waals surface area (Å²) in [6.07, 6.45) is 0.866. The van der Waals surface area contributed by atoms with Crippen molar-refractivity contribution in [3.05, 3.63) is 42.5 Å². The summed E-state index contributed by atoms with van der Waals surface area (Å²) in [6, 6.07) is 13.6. The zero-order valence-electron chi connectivity index (χ0n) is 11.8. The van der Waals surface area contributed by atoms with Crippen LogP contribution in [-0.4, -0.2) is 18.5 Å². The maximum absolute atomic E-state index is 11.8. The second kappa shape index (κ2) is 5.56. The van der Waals surface area contributed by atoms with Gasteiger partial charge in [-0.15, -0.1) is 0 Å². The van der Waals surface area contributed by atoms with Crippen molar-refractivity contribution in [1.82, 2.24) is 0 Å². The Hall–Kier alpha value is -2.36. The number of benzene rings is 2. The third-order valence-corrected chi connectivity index (χ3v) is 3.79. The lowest BCUT2D eigenvalue weighted by Crippen LogP contribution is -2.21. The summed E-state index contributed by atoms with van der Waals surface area (Å²) < 4.78 is 5.01. The minimum Gasteiger partial charge on any atom is -0.455 e. The molecule has 1 N–H and O–H groups in total. The molecule has 2 unspecified atom stereocenters. The van der Waals surface area contributed by atoms with Crippen molar-refractivity contribution in [3.8, 4) is 0 Å². The fourth-order valence-electron chi connectivity index (χ4n) is 2.36. The van der Waals surface area contributed by atoms with E-state index < -0.39 is 0 Å². The number of ether oxygens (including phenoxy) is 1. The van der Waals surface area contributed by atoms with Crippen molar-refractivity contribution in [2.75, 3.05) is 11.9 Å². The van der Waals surface area contributed by atoms with Crippen LogP contribution in [0.25, 0.3) is 10.8 Å². The second-order valence-electron chi connectivity index (χ2n) is 5.54. The molecule has 0 aromatic heterocycles. The summed E-state index contributed by atoms with van der Waals surface area (Å²) in [7, 11) is 0. The van der Waals surface area contributed by atoms with Crippen LogP contribution in [0.15, 0.2) is 42.5 Å². The van der Waals surface area contributed by atoms with Gasteiger partial charge < -0.3 is 10.1 Å². The zero-order valence-corrected chi connectivity index (χ0v) is 11.8. The first kappa shape index (κ1) is 13.6. The largest absolute Gasteiger partial charge is 0.455 e.